The van der Waals surface area contributed by atoms with E-state index in [0.717, 1.165) is 0 Å². The van der Waals surface area contributed by atoms with Crippen molar-refractivity contribution in [1.29, 1.82) is 0 Å². The second kappa shape index (κ2) is 7.75. The molecule has 1 aliphatic rings. The Morgan fingerprint density at radius 1 is 0.577 bits per heavy atom. The summed E-state index contributed by atoms with van der Waals surface area (Å²) in [7, 11) is 0. The third-order valence-electron chi connectivity index (χ3n) is 3.74. The van der Waals surface area contributed by atoms with E-state index in [2.05, 4.69) is 0 Å². The molecule has 14 heteroatoms. The molecule has 0 bridgehead atoms. The SMILES string of the molecule is O=C(O)C(C(=O)O)N1CCN(C(C(=O)O)C(=O)O)C(C(=O)O)C1C(=O)O. The third kappa shape index (κ3) is 3.86. The zero-order valence-electron chi connectivity index (χ0n) is 12.8. The summed E-state index contributed by atoms with van der Waals surface area (Å²) < 4.78 is 0. The second-order valence-electron chi connectivity index (χ2n) is 5.20. The molecule has 0 aromatic heterocycles. The largest absolute Gasteiger partial charge is 0.480 e. The van der Waals surface area contributed by atoms with Crippen LogP contribution in [0.2, 0.25) is 0 Å². The third-order valence-corrected chi connectivity index (χ3v) is 3.74. The summed E-state index contributed by atoms with van der Waals surface area (Å²) in [5, 5.41) is 54.6. The number of hydrogen-bond acceptors (Lipinski definition) is 8. The van der Waals surface area contributed by atoms with E-state index in [0.29, 0.717) is 9.80 Å². The fraction of sp³-hybridized carbons (Fsp3) is 0.500. The topological polar surface area (TPSA) is 230 Å². The monoisotopic (exact) mass is 378 g/mol. The number of carboxylic acids is 6. The number of carboxylic acid groups (broad SMARTS) is 6. The molecule has 0 aromatic rings. The minimum absolute atomic E-state index is 0.350. The Balaban J connectivity index is 3.48. The summed E-state index contributed by atoms with van der Waals surface area (Å²) in [5.41, 5.74) is 0. The first-order valence-electron chi connectivity index (χ1n) is 6.80. The average molecular weight is 378 g/mol. The average Bonchev–Trinajstić information content (AvgIpc) is 2.45. The van der Waals surface area contributed by atoms with Gasteiger partial charge in [-0.3, -0.25) is 19.4 Å². The molecule has 2 atom stereocenters. The van der Waals surface area contributed by atoms with Gasteiger partial charge in [0.1, 0.15) is 12.1 Å². The zero-order chi connectivity index (χ0) is 20.3. The normalized spacial score (nSPS) is 21.5. The first kappa shape index (κ1) is 20.8. The molecule has 1 aliphatic heterocycles. The molecule has 2 unspecified atom stereocenters. The van der Waals surface area contributed by atoms with Crippen molar-refractivity contribution in [1.82, 2.24) is 9.80 Å². The van der Waals surface area contributed by atoms with Gasteiger partial charge >= 0.3 is 35.8 Å². The lowest BCUT2D eigenvalue weighted by molar-refractivity contribution is -0.180. The number of rotatable bonds is 8. The van der Waals surface area contributed by atoms with E-state index in [1.165, 1.54) is 0 Å². The molecule has 0 amide bonds. The van der Waals surface area contributed by atoms with Crippen LogP contribution in [0.5, 0.6) is 0 Å². The van der Waals surface area contributed by atoms with Crippen molar-refractivity contribution in [3.8, 4) is 0 Å². The maximum absolute atomic E-state index is 11.5. The van der Waals surface area contributed by atoms with Gasteiger partial charge in [-0.1, -0.05) is 0 Å². The maximum Gasteiger partial charge on any atom is 0.332 e. The van der Waals surface area contributed by atoms with Crippen molar-refractivity contribution in [2.24, 2.45) is 0 Å². The fourth-order valence-electron chi connectivity index (χ4n) is 2.78. The van der Waals surface area contributed by atoms with E-state index in [4.69, 9.17) is 20.4 Å². The van der Waals surface area contributed by atoms with E-state index >= 15 is 0 Å². The van der Waals surface area contributed by atoms with Crippen LogP contribution in [0, 0.1) is 0 Å². The molecule has 0 saturated carbocycles. The summed E-state index contributed by atoms with van der Waals surface area (Å²) in [4.78, 5) is 68.4. The summed E-state index contributed by atoms with van der Waals surface area (Å²) in [6.45, 7) is -1.41. The van der Waals surface area contributed by atoms with E-state index in [-0.39, 0.29) is 0 Å². The van der Waals surface area contributed by atoms with Crippen LogP contribution >= 0.6 is 0 Å². The Bertz CT molecular complexity index is 577. The van der Waals surface area contributed by atoms with Crippen LogP contribution in [0.25, 0.3) is 0 Å². The number of piperazine rings is 1. The van der Waals surface area contributed by atoms with Crippen LogP contribution in [-0.4, -0.2) is 114 Å². The standard InChI is InChI=1S/C12H14N2O12/c15-7(16)3-4(8(17)18)14(6(11(23)24)12(25)26)2-1-13(3)5(9(19)20)10(21)22/h3-6H,1-2H2,(H,15,16)(H,17,18)(H,19,20)(H,21,22)(H,23,24)(H,25,26). The highest BCUT2D eigenvalue weighted by Crippen LogP contribution is 2.24. The quantitative estimate of drug-likeness (QED) is 0.226. The van der Waals surface area contributed by atoms with Gasteiger partial charge in [0.05, 0.1) is 0 Å². The van der Waals surface area contributed by atoms with Crippen molar-refractivity contribution in [3.63, 3.8) is 0 Å². The second-order valence-corrected chi connectivity index (χ2v) is 5.20. The lowest BCUT2D eigenvalue weighted by atomic mass is 9.96. The van der Waals surface area contributed by atoms with E-state index < -0.39 is 73.1 Å². The van der Waals surface area contributed by atoms with Gasteiger partial charge in [0.15, 0.2) is 0 Å². The molecule has 1 heterocycles. The molecule has 0 spiro atoms. The van der Waals surface area contributed by atoms with Gasteiger partial charge in [-0.05, 0) is 0 Å². The van der Waals surface area contributed by atoms with Gasteiger partial charge < -0.3 is 30.6 Å². The van der Waals surface area contributed by atoms with Crippen LogP contribution < -0.4 is 0 Å². The molecular weight excluding hydrogens is 364 g/mol. The lowest BCUT2D eigenvalue weighted by Gasteiger charge is -2.45. The van der Waals surface area contributed by atoms with Crippen molar-refractivity contribution in [3.05, 3.63) is 0 Å². The van der Waals surface area contributed by atoms with Crippen LogP contribution in [0.3, 0.4) is 0 Å². The molecule has 14 nitrogen and oxygen atoms in total. The number of hydrogen-bond donors (Lipinski definition) is 6. The van der Waals surface area contributed by atoms with Gasteiger partial charge in [-0.2, -0.15) is 0 Å². The van der Waals surface area contributed by atoms with Crippen LogP contribution in [0.15, 0.2) is 0 Å². The summed E-state index contributed by atoms with van der Waals surface area (Å²) in [5.74, 6) is -11.8. The predicted molar refractivity (Wildman–Crippen MR) is 74.4 cm³/mol. The minimum Gasteiger partial charge on any atom is -0.480 e. The first-order chi connectivity index (χ1) is 11.9. The smallest absolute Gasteiger partial charge is 0.332 e. The van der Waals surface area contributed by atoms with Gasteiger partial charge in [0, 0.05) is 13.1 Å². The Kier molecular flexibility index (Phi) is 6.19. The van der Waals surface area contributed by atoms with Crippen molar-refractivity contribution in [2.45, 2.75) is 24.2 Å². The lowest BCUT2D eigenvalue weighted by Crippen LogP contribution is -2.72. The van der Waals surface area contributed by atoms with Crippen LogP contribution in [-0.2, 0) is 28.8 Å². The van der Waals surface area contributed by atoms with Crippen molar-refractivity contribution in [2.75, 3.05) is 13.1 Å². The number of nitrogens with zero attached hydrogens (tertiary/aromatic N) is 2. The van der Waals surface area contributed by atoms with E-state index in [1.807, 2.05) is 0 Å². The molecule has 1 rings (SSSR count). The number of carbonyl (C=O) groups is 6. The fourth-order valence-corrected chi connectivity index (χ4v) is 2.78. The predicted octanol–water partition coefficient (Wildman–Crippen LogP) is -3.41. The molecule has 1 fully saturated rings. The molecule has 0 radical (unpaired) electrons. The summed E-state index contributed by atoms with van der Waals surface area (Å²) in [6.07, 6.45) is 0. The van der Waals surface area contributed by atoms with Gasteiger partial charge in [-0.15, -0.1) is 0 Å². The summed E-state index contributed by atoms with van der Waals surface area (Å²) >= 11 is 0. The van der Waals surface area contributed by atoms with Crippen LogP contribution in [0.1, 0.15) is 0 Å². The molecule has 144 valence electrons. The number of aliphatic carboxylic acids is 6. The van der Waals surface area contributed by atoms with Crippen LogP contribution in [0.4, 0.5) is 0 Å². The first-order valence-corrected chi connectivity index (χ1v) is 6.80. The minimum atomic E-state index is -2.42. The van der Waals surface area contributed by atoms with E-state index in [9.17, 15) is 39.0 Å². The molecule has 0 aliphatic carbocycles. The van der Waals surface area contributed by atoms with Crippen molar-refractivity contribution < 1.29 is 59.4 Å². The summed E-state index contributed by atoms with van der Waals surface area (Å²) in [6, 6.07) is -9.49. The van der Waals surface area contributed by atoms with Gasteiger partial charge in [0.25, 0.3) is 0 Å². The Morgan fingerprint density at radius 2 is 0.808 bits per heavy atom. The molecule has 6 N–H and O–H groups in total. The van der Waals surface area contributed by atoms with Gasteiger partial charge in [-0.25, -0.2) is 19.2 Å². The molecule has 1 saturated heterocycles. The molecule has 26 heavy (non-hydrogen) atoms. The highest BCUT2D eigenvalue weighted by molar-refractivity contribution is 6.00. The Hall–Kier alpha value is -3.26. The zero-order valence-corrected chi connectivity index (χ0v) is 12.8. The molecular formula is C12H14N2O12. The Morgan fingerprint density at radius 3 is 0.962 bits per heavy atom. The highest BCUT2D eigenvalue weighted by Gasteiger charge is 2.54. The van der Waals surface area contributed by atoms with Gasteiger partial charge in [0.2, 0.25) is 12.1 Å². The maximum atomic E-state index is 11.5. The van der Waals surface area contributed by atoms with E-state index in [1.54, 1.807) is 0 Å². The van der Waals surface area contributed by atoms with Crippen molar-refractivity contribution >= 4 is 35.8 Å². The molecule has 0 aromatic carbocycles. The highest BCUT2D eigenvalue weighted by atomic mass is 16.4. The Labute approximate surface area is 143 Å².